The van der Waals surface area contributed by atoms with Gasteiger partial charge in [-0.3, -0.25) is 14.4 Å². The molecule has 0 bridgehead atoms. The van der Waals surface area contributed by atoms with Crippen LogP contribution >= 0.6 is 0 Å². The largest absolute Gasteiger partial charge is 0.375 e. The maximum absolute atomic E-state index is 12.9. The third-order valence-corrected chi connectivity index (χ3v) is 5.52. The Morgan fingerprint density at radius 3 is 2.31 bits per heavy atom. The number of methoxy groups -OCH3 is 1. The number of amides is 3. The van der Waals surface area contributed by atoms with E-state index >= 15 is 0 Å². The Morgan fingerprint density at radius 2 is 1.76 bits per heavy atom. The Morgan fingerprint density at radius 1 is 1.14 bits per heavy atom. The highest BCUT2D eigenvalue weighted by atomic mass is 16.5. The minimum atomic E-state index is -0.627. The van der Waals surface area contributed by atoms with E-state index in [-0.39, 0.29) is 36.3 Å². The van der Waals surface area contributed by atoms with Crippen molar-refractivity contribution in [3.8, 4) is 0 Å². The molecule has 0 unspecified atom stereocenters. The molecule has 2 atom stereocenters. The normalized spacial score (nSPS) is 16.8. The molecule has 1 aliphatic heterocycles. The fourth-order valence-corrected chi connectivity index (χ4v) is 3.46. The van der Waals surface area contributed by atoms with Crippen LogP contribution in [-0.2, 0) is 14.3 Å². The number of hydrogen-bond acceptors (Lipinski definition) is 4. The van der Waals surface area contributed by atoms with E-state index in [0.29, 0.717) is 31.5 Å². The summed E-state index contributed by atoms with van der Waals surface area (Å²) in [6.07, 6.45) is 2.12. The summed E-state index contributed by atoms with van der Waals surface area (Å²) in [7, 11) is 1.50. The smallest absolute Gasteiger partial charge is 0.251 e. The Balaban J connectivity index is 2.09. The molecule has 0 aliphatic carbocycles. The Kier molecular flexibility index (Phi) is 8.64. The Hall–Kier alpha value is -2.41. The van der Waals surface area contributed by atoms with Crippen LogP contribution in [0.4, 0.5) is 0 Å². The number of piperidine rings is 1. The van der Waals surface area contributed by atoms with Gasteiger partial charge in [0.15, 0.2) is 0 Å². The first-order valence-corrected chi connectivity index (χ1v) is 10.3. The molecule has 1 saturated heterocycles. The zero-order valence-corrected chi connectivity index (χ0v) is 17.9. The SMILES string of the molecule is CC[C@H](C)NC(=O)[C@H](NC(=O)c1ccc(C)cc1)C1CCN(C(=O)COC)CC1. The van der Waals surface area contributed by atoms with Gasteiger partial charge in [0.25, 0.3) is 5.91 Å². The molecule has 7 heteroatoms. The van der Waals surface area contributed by atoms with Crippen molar-refractivity contribution in [2.24, 2.45) is 5.92 Å². The van der Waals surface area contributed by atoms with Crippen LogP contribution in [-0.4, -0.2) is 61.5 Å². The Bertz CT molecular complexity index is 697. The van der Waals surface area contributed by atoms with Gasteiger partial charge in [-0.05, 0) is 51.2 Å². The molecule has 0 aromatic heterocycles. The summed E-state index contributed by atoms with van der Waals surface area (Å²) < 4.78 is 4.92. The number of carbonyl (C=O) groups is 3. The first-order valence-electron chi connectivity index (χ1n) is 10.3. The van der Waals surface area contributed by atoms with Crippen LogP contribution in [0.1, 0.15) is 49.0 Å². The fourth-order valence-electron chi connectivity index (χ4n) is 3.46. The molecule has 0 radical (unpaired) electrons. The van der Waals surface area contributed by atoms with Crippen LogP contribution in [0.2, 0.25) is 0 Å². The van der Waals surface area contributed by atoms with Crippen molar-refractivity contribution in [3.63, 3.8) is 0 Å². The molecule has 160 valence electrons. The zero-order valence-electron chi connectivity index (χ0n) is 17.9. The summed E-state index contributed by atoms with van der Waals surface area (Å²) in [5.41, 5.74) is 1.60. The lowest BCUT2D eigenvalue weighted by atomic mass is 9.88. The molecule has 29 heavy (non-hydrogen) atoms. The van der Waals surface area contributed by atoms with Gasteiger partial charge >= 0.3 is 0 Å². The Labute approximate surface area is 173 Å². The average molecular weight is 404 g/mol. The summed E-state index contributed by atoms with van der Waals surface area (Å²) >= 11 is 0. The molecule has 0 saturated carbocycles. The van der Waals surface area contributed by atoms with Crippen molar-refractivity contribution in [2.75, 3.05) is 26.8 Å². The van der Waals surface area contributed by atoms with E-state index in [0.717, 1.165) is 12.0 Å². The van der Waals surface area contributed by atoms with Crippen molar-refractivity contribution in [3.05, 3.63) is 35.4 Å². The summed E-state index contributed by atoms with van der Waals surface area (Å²) in [5, 5.41) is 5.93. The minimum absolute atomic E-state index is 0.0277. The lowest BCUT2D eigenvalue weighted by Gasteiger charge is -2.36. The number of nitrogens with one attached hydrogen (secondary N) is 2. The zero-order chi connectivity index (χ0) is 21.4. The number of nitrogens with zero attached hydrogens (tertiary/aromatic N) is 1. The number of aryl methyl sites for hydroxylation is 1. The molecular weight excluding hydrogens is 370 g/mol. The van der Waals surface area contributed by atoms with E-state index in [9.17, 15) is 14.4 Å². The first kappa shape index (κ1) is 22.9. The molecule has 1 aromatic carbocycles. The second-order valence-electron chi connectivity index (χ2n) is 7.79. The topological polar surface area (TPSA) is 87.7 Å². The standard InChI is InChI=1S/C22H33N3O4/c1-5-16(3)23-22(28)20(24-21(27)18-8-6-15(2)7-9-18)17-10-12-25(13-11-17)19(26)14-29-4/h6-9,16-17,20H,5,10-14H2,1-4H3,(H,23,28)(H,24,27)/t16-,20+/m0/s1. The highest BCUT2D eigenvalue weighted by Gasteiger charge is 2.34. The third-order valence-electron chi connectivity index (χ3n) is 5.52. The monoisotopic (exact) mass is 403 g/mol. The van der Waals surface area contributed by atoms with Gasteiger partial charge in [0.1, 0.15) is 12.6 Å². The van der Waals surface area contributed by atoms with Gasteiger partial charge in [0.2, 0.25) is 11.8 Å². The molecule has 3 amide bonds. The van der Waals surface area contributed by atoms with Crippen molar-refractivity contribution in [1.29, 1.82) is 0 Å². The molecular formula is C22H33N3O4. The van der Waals surface area contributed by atoms with E-state index in [1.165, 1.54) is 7.11 Å². The quantitative estimate of drug-likeness (QED) is 0.694. The summed E-state index contributed by atoms with van der Waals surface area (Å²) in [4.78, 5) is 39.5. The van der Waals surface area contributed by atoms with Crippen molar-refractivity contribution in [2.45, 2.75) is 52.1 Å². The van der Waals surface area contributed by atoms with Crippen molar-refractivity contribution >= 4 is 17.7 Å². The number of rotatable bonds is 8. The minimum Gasteiger partial charge on any atom is -0.375 e. The number of carbonyl (C=O) groups excluding carboxylic acids is 3. The second-order valence-corrected chi connectivity index (χ2v) is 7.79. The first-order chi connectivity index (χ1) is 13.8. The van der Waals surface area contributed by atoms with Gasteiger partial charge in [-0.15, -0.1) is 0 Å². The average Bonchev–Trinajstić information content (AvgIpc) is 2.72. The van der Waals surface area contributed by atoms with Gasteiger partial charge in [0, 0.05) is 31.8 Å². The molecule has 1 heterocycles. The number of ether oxygens (including phenoxy) is 1. The van der Waals surface area contributed by atoms with E-state index in [1.54, 1.807) is 17.0 Å². The van der Waals surface area contributed by atoms with Gasteiger partial charge in [-0.1, -0.05) is 24.6 Å². The summed E-state index contributed by atoms with van der Waals surface area (Å²) in [6.45, 7) is 7.09. The molecule has 1 aromatic rings. The molecule has 2 rings (SSSR count). The molecule has 1 fully saturated rings. The number of benzene rings is 1. The van der Waals surface area contributed by atoms with Gasteiger partial charge in [-0.25, -0.2) is 0 Å². The van der Waals surface area contributed by atoms with Crippen molar-refractivity contribution < 1.29 is 19.1 Å². The molecule has 1 aliphatic rings. The number of hydrogen-bond donors (Lipinski definition) is 2. The van der Waals surface area contributed by atoms with Crippen LogP contribution in [0.5, 0.6) is 0 Å². The van der Waals surface area contributed by atoms with Gasteiger partial charge in [-0.2, -0.15) is 0 Å². The predicted octanol–water partition coefficient (Wildman–Crippen LogP) is 1.89. The highest BCUT2D eigenvalue weighted by molar-refractivity contribution is 5.97. The maximum Gasteiger partial charge on any atom is 0.251 e. The maximum atomic E-state index is 12.9. The second kappa shape index (κ2) is 11.0. The summed E-state index contributed by atoms with van der Waals surface area (Å²) in [6, 6.07) is 6.69. The molecule has 2 N–H and O–H groups in total. The van der Waals surface area contributed by atoms with Crippen LogP contribution in [0.25, 0.3) is 0 Å². The van der Waals surface area contributed by atoms with Crippen LogP contribution in [0.3, 0.4) is 0 Å². The fraction of sp³-hybridized carbons (Fsp3) is 0.591. The molecule has 7 nitrogen and oxygen atoms in total. The van der Waals surface area contributed by atoms with Crippen LogP contribution in [0.15, 0.2) is 24.3 Å². The van der Waals surface area contributed by atoms with Crippen LogP contribution < -0.4 is 10.6 Å². The predicted molar refractivity (Wildman–Crippen MR) is 112 cm³/mol. The lowest BCUT2D eigenvalue weighted by molar-refractivity contribution is -0.136. The number of likely N-dealkylation sites (tertiary alicyclic amines) is 1. The molecule has 0 spiro atoms. The van der Waals surface area contributed by atoms with E-state index in [2.05, 4.69) is 10.6 Å². The van der Waals surface area contributed by atoms with E-state index < -0.39 is 6.04 Å². The van der Waals surface area contributed by atoms with Gasteiger partial charge in [0.05, 0.1) is 0 Å². The van der Waals surface area contributed by atoms with Crippen molar-refractivity contribution in [1.82, 2.24) is 15.5 Å². The lowest BCUT2D eigenvalue weighted by Crippen LogP contribution is -2.55. The van der Waals surface area contributed by atoms with Crippen LogP contribution in [0, 0.1) is 12.8 Å². The van der Waals surface area contributed by atoms with Gasteiger partial charge < -0.3 is 20.3 Å². The third kappa shape index (κ3) is 6.56. The van der Waals surface area contributed by atoms with E-state index in [1.807, 2.05) is 32.9 Å². The summed E-state index contributed by atoms with van der Waals surface area (Å²) in [5.74, 6) is -0.496. The highest BCUT2D eigenvalue weighted by Crippen LogP contribution is 2.22. The van der Waals surface area contributed by atoms with E-state index in [4.69, 9.17) is 4.74 Å².